The van der Waals surface area contributed by atoms with Crippen molar-refractivity contribution in [2.24, 2.45) is 0 Å². The first kappa shape index (κ1) is 10.3. The summed E-state index contributed by atoms with van der Waals surface area (Å²) in [6.45, 7) is 2.06. The van der Waals surface area contributed by atoms with Gasteiger partial charge in [0.05, 0.1) is 6.20 Å². The van der Waals surface area contributed by atoms with E-state index in [-0.39, 0.29) is 11.4 Å². The Morgan fingerprint density at radius 2 is 2.20 bits per heavy atom. The Morgan fingerprint density at radius 3 is 2.67 bits per heavy atom. The standard InChI is InChI=1S/C11H14F2N2/c1-2-11(4-3-5-11)15-10-9(13)6-8(12)7-14-10/h6-7H,2-5H2,1H3,(H,14,15). The Morgan fingerprint density at radius 1 is 1.47 bits per heavy atom. The van der Waals surface area contributed by atoms with Crippen molar-refractivity contribution in [3.8, 4) is 0 Å². The van der Waals surface area contributed by atoms with Gasteiger partial charge in [0.2, 0.25) is 0 Å². The molecule has 0 spiro atoms. The van der Waals surface area contributed by atoms with E-state index >= 15 is 0 Å². The van der Waals surface area contributed by atoms with E-state index in [1.807, 2.05) is 0 Å². The molecule has 0 saturated heterocycles. The van der Waals surface area contributed by atoms with E-state index < -0.39 is 11.6 Å². The van der Waals surface area contributed by atoms with Crippen molar-refractivity contribution in [1.82, 2.24) is 4.98 Å². The van der Waals surface area contributed by atoms with Crippen molar-refractivity contribution in [2.45, 2.75) is 38.1 Å². The molecule has 1 aromatic rings. The highest BCUT2D eigenvalue weighted by atomic mass is 19.1. The molecule has 1 aromatic heterocycles. The van der Waals surface area contributed by atoms with Crippen LogP contribution >= 0.6 is 0 Å². The molecule has 0 aromatic carbocycles. The van der Waals surface area contributed by atoms with Crippen molar-refractivity contribution in [3.05, 3.63) is 23.9 Å². The van der Waals surface area contributed by atoms with Gasteiger partial charge >= 0.3 is 0 Å². The molecule has 82 valence electrons. The van der Waals surface area contributed by atoms with Crippen LogP contribution in [-0.4, -0.2) is 10.5 Å². The quantitative estimate of drug-likeness (QED) is 0.832. The first-order valence-electron chi connectivity index (χ1n) is 5.24. The lowest BCUT2D eigenvalue weighted by molar-refractivity contribution is 0.267. The molecule has 1 heterocycles. The van der Waals surface area contributed by atoms with Crippen LogP contribution in [0.4, 0.5) is 14.6 Å². The molecule has 0 aliphatic heterocycles. The molecule has 2 nitrogen and oxygen atoms in total. The predicted molar refractivity (Wildman–Crippen MR) is 54.6 cm³/mol. The summed E-state index contributed by atoms with van der Waals surface area (Å²) in [5.74, 6) is -1.09. The van der Waals surface area contributed by atoms with E-state index in [0.29, 0.717) is 0 Å². The number of hydrogen-bond donors (Lipinski definition) is 1. The number of hydrogen-bond acceptors (Lipinski definition) is 2. The Labute approximate surface area is 87.7 Å². The topological polar surface area (TPSA) is 24.9 Å². The largest absolute Gasteiger partial charge is 0.362 e. The van der Waals surface area contributed by atoms with Crippen LogP contribution in [0, 0.1) is 11.6 Å². The number of halogens is 2. The fraction of sp³-hybridized carbons (Fsp3) is 0.545. The van der Waals surface area contributed by atoms with Gasteiger partial charge < -0.3 is 5.32 Å². The van der Waals surface area contributed by atoms with Gasteiger partial charge in [-0.1, -0.05) is 6.92 Å². The van der Waals surface area contributed by atoms with E-state index in [0.717, 1.165) is 37.9 Å². The Kier molecular flexibility index (Phi) is 2.59. The highest BCUT2D eigenvalue weighted by molar-refractivity contribution is 5.40. The normalized spacial score (nSPS) is 18.3. The molecule has 15 heavy (non-hydrogen) atoms. The van der Waals surface area contributed by atoms with Crippen molar-refractivity contribution in [1.29, 1.82) is 0 Å². The maximum atomic E-state index is 13.3. The zero-order chi connectivity index (χ0) is 10.9. The van der Waals surface area contributed by atoms with Gasteiger partial charge in [-0.25, -0.2) is 13.8 Å². The van der Waals surface area contributed by atoms with Gasteiger partial charge in [0.1, 0.15) is 5.82 Å². The molecule has 0 atom stereocenters. The highest BCUT2D eigenvalue weighted by Gasteiger charge is 2.35. The molecular formula is C11H14F2N2. The molecule has 1 aliphatic rings. The van der Waals surface area contributed by atoms with E-state index in [1.54, 1.807) is 0 Å². The monoisotopic (exact) mass is 212 g/mol. The SMILES string of the molecule is CCC1(Nc2ncc(F)cc2F)CCC1. The van der Waals surface area contributed by atoms with E-state index in [9.17, 15) is 8.78 Å². The molecule has 0 unspecified atom stereocenters. The number of nitrogens with zero attached hydrogens (tertiary/aromatic N) is 1. The molecule has 2 rings (SSSR count). The first-order chi connectivity index (χ1) is 7.15. The summed E-state index contributed by atoms with van der Waals surface area (Å²) < 4.78 is 25.9. The summed E-state index contributed by atoms with van der Waals surface area (Å²) in [5.41, 5.74) is -0.0222. The van der Waals surface area contributed by atoms with Crippen molar-refractivity contribution in [2.75, 3.05) is 5.32 Å². The second-order valence-corrected chi connectivity index (χ2v) is 4.10. The van der Waals surface area contributed by atoms with Crippen LogP contribution in [0.15, 0.2) is 12.3 Å². The van der Waals surface area contributed by atoms with Crippen LogP contribution in [0.25, 0.3) is 0 Å². The fourth-order valence-corrected chi connectivity index (χ4v) is 1.93. The molecular weight excluding hydrogens is 198 g/mol. The molecule has 1 saturated carbocycles. The maximum absolute atomic E-state index is 13.3. The smallest absolute Gasteiger partial charge is 0.168 e. The van der Waals surface area contributed by atoms with E-state index in [4.69, 9.17) is 0 Å². The lowest BCUT2D eigenvalue weighted by Gasteiger charge is -2.42. The van der Waals surface area contributed by atoms with Crippen molar-refractivity contribution < 1.29 is 8.78 Å². The minimum absolute atomic E-state index is 0.0222. The number of anilines is 1. The van der Waals surface area contributed by atoms with Gasteiger partial charge in [0.25, 0.3) is 0 Å². The molecule has 1 N–H and O–H groups in total. The number of rotatable bonds is 3. The number of aromatic nitrogens is 1. The summed E-state index contributed by atoms with van der Waals surface area (Å²) in [4.78, 5) is 3.73. The molecule has 0 radical (unpaired) electrons. The van der Waals surface area contributed by atoms with E-state index in [2.05, 4.69) is 17.2 Å². The number of pyridine rings is 1. The Hall–Kier alpha value is -1.19. The van der Waals surface area contributed by atoms with Crippen LogP contribution in [0.1, 0.15) is 32.6 Å². The molecule has 1 aliphatic carbocycles. The predicted octanol–water partition coefficient (Wildman–Crippen LogP) is 3.10. The van der Waals surface area contributed by atoms with Crippen LogP contribution in [0.2, 0.25) is 0 Å². The summed E-state index contributed by atoms with van der Waals surface area (Å²) >= 11 is 0. The van der Waals surface area contributed by atoms with Gasteiger partial charge in [0, 0.05) is 11.6 Å². The van der Waals surface area contributed by atoms with Crippen LogP contribution in [-0.2, 0) is 0 Å². The van der Waals surface area contributed by atoms with Crippen LogP contribution in [0.5, 0.6) is 0 Å². The summed E-state index contributed by atoms with van der Waals surface area (Å²) in [6.07, 6.45) is 5.19. The average Bonchev–Trinajstić information content (AvgIpc) is 2.14. The fourth-order valence-electron chi connectivity index (χ4n) is 1.93. The second kappa shape index (κ2) is 3.76. The summed E-state index contributed by atoms with van der Waals surface area (Å²) in [7, 11) is 0. The van der Waals surface area contributed by atoms with Crippen molar-refractivity contribution >= 4 is 5.82 Å². The lowest BCUT2D eigenvalue weighted by atomic mass is 9.75. The van der Waals surface area contributed by atoms with Gasteiger partial charge in [-0.15, -0.1) is 0 Å². The minimum Gasteiger partial charge on any atom is -0.362 e. The minimum atomic E-state index is -0.641. The molecule has 4 heteroatoms. The average molecular weight is 212 g/mol. The zero-order valence-electron chi connectivity index (χ0n) is 8.69. The summed E-state index contributed by atoms with van der Waals surface area (Å²) in [6, 6.07) is 0.858. The lowest BCUT2D eigenvalue weighted by Crippen LogP contribution is -2.44. The van der Waals surface area contributed by atoms with Gasteiger partial charge in [0.15, 0.2) is 11.6 Å². The Balaban J connectivity index is 2.16. The Bertz CT molecular complexity index is 356. The highest BCUT2D eigenvalue weighted by Crippen LogP contribution is 2.37. The molecule has 0 amide bonds. The van der Waals surface area contributed by atoms with Gasteiger partial charge in [-0.2, -0.15) is 0 Å². The van der Waals surface area contributed by atoms with Crippen LogP contribution < -0.4 is 5.32 Å². The third kappa shape index (κ3) is 1.94. The maximum Gasteiger partial charge on any atom is 0.168 e. The molecule has 1 fully saturated rings. The van der Waals surface area contributed by atoms with Crippen LogP contribution in [0.3, 0.4) is 0 Å². The van der Waals surface area contributed by atoms with Gasteiger partial charge in [-0.3, -0.25) is 0 Å². The second-order valence-electron chi connectivity index (χ2n) is 4.10. The summed E-state index contributed by atoms with van der Waals surface area (Å²) in [5, 5.41) is 3.08. The van der Waals surface area contributed by atoms with Gasteiger partial charge in [-0.05, 0) is 25.7 Å². The third-order valence-corrected chi connectivity index (χ3v) is 3.18. The zero-order valence-corrected chi connectivity index (χ0v) is 8.69. The third-order valence-electron chi connectivity index (χ3n) is 3.18. The number of nitrogens with one attached hydrogen (secondary N) is 1. The van der Waals surface area contributed by atoms with Crippen molar-refractivity contribution in [3.63, 3.8) is 0 Å². The first-order valence-corrected chi connectivity index (χ1v) is 5.24. The van der Waals surface area contributed by atoms with E-state index in [1.165, 1.54) is 0 Å². The molecule has 0 bridgehead atoms.